The van der Waals surface area contributed by atoms with Crippen LogP contribution in [0.2, 0.25) is 0 Å². The standard InChI is InChI=1S/C15H21O5P/c1-4-5-7-12-14(21(17,18-2)19-3)20-15(16)13-10-8-6-9-11-13/h6,8-12H,4-5,7H2,1-3H3/b14-12+. The maximum absolute atomic E-state index is 12.4. The van der Waals surface area contributed by atoms with Gasteiger partial charge in [-0.15, -0.1) is 0 Å². The predicted molar refractivity (Wildman–Crippen MR) is 81.1 cm³/mol. The van der Waals surface area contributed by atoms with Gasteiger partial charge in [0.1, 0.15) is 0 Å². The summed E-state index contributed by atoms with van der Waals surface area (Å²) in [6.07, 6.45) is 4.09. The summed E-state index contributed by atoms with van der Waals surface area (Å²) in [7, 11) is -1.07. The van der Waals surface area contributed by atoms with Crippen LogP contribution in [0.25, 0.3) is 0 Å². The van der Waals surface area contributed by atoms with Gasteiger partial charge in [0.2, 0.25) is 5.50 Å². The molecule has 0 bridgehead atoms. The number of ether oxygens (including phenoxy) is 1. The number of hydrogen-bond donors (Lipinski definition) is 0. The van der Waals surface area contributed by atoms with Crippen LogP contribution in [0.4, 0.5) is 0 Å². The van der Waals surface area contributed by atoms with Crippen LogP contribution in [0.1, 0.15) is 36.5 Å². The Hall–Kier alpha value is -1.42. The van der Waals surface area contributed by atoms with Crippen LogP contribution in [0.15, 0.2) is 41.9 Å². The Morgan fingerprint density at radius 3 is 2.33 bits per heavy atom. The SMILES string of the molecule is CCCC/C=C(\OC(=O)c1ccccc1)P(=O)(OC)OC. The molecule has 21 heavy (non-hydrogen) atoms. The summed E-state index contributed by atoms with van der Waals surface area (Å²) < 4.78 is 27.5. The van der Waals surface area contributed by atoms with Gasteiger partial charge >= 0.3 is 13.6 Å². The van der Waals surface area contributed by atoms with Crippen LogP contribution in [0.5, 0.6) is 0 Å². The Labute approximate surface area is 125 Å². The van der Waals surface area contributed by atoms with Crippen molar-refractivity contribution in [1.29, 1.82) is 0 Å². The minimum Gasteiger partial charge on any atom is -0.415 e. The van der Waals surface area contributed by atoms with Crippen molar-refractivity contribution in [2.75, 3.05) is 14.2 Å². The van der Waals surface area contributed by atoms with Gasteiger partial charge in [0.25, 0.3) is 0 Å². The molecule has 0 saturated heterocycles. The number of allylic oxidation sites excluding steroid dienone is 1. The molecule has 0 unspecified atom stereocenters. The van der Waals surface area contributed by atoms with Crippen molar-refractivity contribution < 1.29 is 23.1 Å². The summed E-state index contributed by atoms with van der Waals surface area (Å²) in [6.45, 7) is 2.04. The van der Waals surface area contributed by atoms with Crippen LogP contribution in [0, 0.1) is 0 Å². The third-order valence-corrected chi connectivity index (χ3v) is 4.61. The molecule has 0 aliphatic carbocycles. The van der Waals surface area contributed by atoms with E-state index in [2.05, 4.69) is 0 Å². The van der Waals surface area contributed by atoms with E-state index in [1.807, 2.05) is 6.92 Å². The first-order valence-corrected chi connectivity index (χ1v) is 8.31. The number of benzene rings is 1. The van der Waals surface area contributed by atoms with E-state index >= 15 is 0 Å². The van der Waals surface area contributed by atoms with Crippen molar-refractivity contribution in [3.8, 4) is 0 Å². The third-order valence-electron chi connectivity index (χ3n) is 2.83. The smallest absolute Gasteiger partial charge is 0.395 e. The molecule has 1 rings (SSSR count). The van der Waals surface area contributed by atoms with Gasteiger partial charge in [-0.2, -0.15) is 0 Å². The monoisotopic (exact) mass is 312 g/mol. The average Bonchev–Trinajstić information content (AvgIpc) is 2.54. The number of unbranched alkanes of at least 4 members (excludes halogenated alkanes) is 2. The molecule has 1 aromatic rings. The number of hydrogen-bond acceptors (Lipinski definition) is 5. The first-order valence-electron chi connectivity index (χ1n) is 6.76. The normalized spacial score (nSPS) is 12.2. The van der Waals surface area contributed by atoms with Crippen molar-refractivity contribution in [2.24, 2.45) is 0 Å². The van der Waals surface area contributed by atoms with E-state index in [0.29, 0.717) is 12.0 Å². The van der Waals surface area contributed by atoms with Crippen LogP contribution >= 0.6 is 7.60 Å². The van der Waals surface area contributed by atoms with E-state index in [0.717, 1.165) is 12.8 Å². The van der Waals surface area contributed by atoms with Crippen LogP contribution in [0.3, 0.4) is 0 Å². The topological polar surface area (TPSA) is 61.8 Å². The molecule has 0 aliphatic heterocycles. The van der Waals surface area contributed by atoms with Crippen molar-refractivity contribution in [1.82, 2.24) is 0 Å². The largest absolute Gasteiger partial charge is 0.415 e. The number of carbonyl (C=O) groups is 1. The van der Waals surface area contributed by atoms with Crippen molar-refractivity contribution in [2.45, 2.75) is 26.2 Å². The molecule has 0 aromatic heterocycles. The zero-order chi connectivity index (χ0) is 15.7. The van der Waals surface area contributed by atoms with Gasteiger partial charge in [-0.1, -0.05) is 31.5 Å². The summed E-state index contributed by atoms with van der Waals surface area (Å²) >= 11 is 0. The highest BCUT2D eigenvalue weighted by atomic mass is 31.2. The predicted octanol–water partition coefficient (Wildman–Crippen LogP) is 4.36. The van der Waals surface area contributed by atoms with Gasteiger partial charge in [0.05, 0.1) is 5.56 Å². The van der Waals surface area contributed by atoms with Gasteiger partial charge in [-0.25, -0.2) is 4.79 Å². The number of rotatable bonds is 8. The van der Waals surface area contributed by atoms with Crippen LogP contribution < -0.4 is 0 Å². The molecule has 5 nitrogen and oxygen atoms in total. The lowest BCUT2D eigenvalue weighted by molar-refractivity contribution is 0.0631. The molecule has 0 N–H and O–H groups in total. The van der Waals surface area contributed by atoms with Crippen molar-refractivity contribution in [3.05, 3.63) is 47.5 Å². The lowest BCUT2D eigenvalue weighted by Crippen LogP contribution is -2.07. The molecule has 0 heterocycles. The molecular weight excluding hydrogens is 291 g/mol. The lowest BCUT2D eigenvalue weighted by Gasteiger charge is -2.17. The molecule has 0 amide bonds. The highest BCUT2D eigenvalue weighted by Crippen LogP contribution is 2.55. The number of carbonyl (C=O) groups excluding carboxylic acids is 1. The van der Waals surface area contributed by atoms with E-state index in [1.165, 1.54) is 14.2 Å². The minimum absolute atomic E-state index is 0.0604. The van der Waals surface area contributed by atoms with Crippen molar-refractivity contribution in [3.63, 3.8) is 0 Å². The molecular formula is C15H21O5P. The second-order valence-corrected chi connectivity index (χ2v) is 6.47. The molecule has 0 spiro atoms. The molecule has 1 aromatic carbocycles. The molecule has 6 heteroatoms. The Morgan fingerprint density at radius 1 is 1.19 bits per heavy atom. The van der Waals surface area contributed by atoms with E-state index in [4.69, 9.17) is 13.8 Å². The molecule has 0 fully saturated rings. The Balaban J connectivity index is 2.95. The first kappa shape index (κ1) is 17.6. The lowest BCUT2D eigenvalue weighted by atomic mass is 10.2. The van der Waals surface area contributed by atoms with Crippen LogP contribution in [-0.2, 0) is 18.3 Å². The van der Waals surface area contributed by atoms with E-state index in [-0.39, 0.29) is 5.50 Å². The molecule has 0 saturated carbocycles. The van der Waals surface area contributed by atoms with E-state index in [9.17, 15) is 9.36 Å². The minimum atomic E-state index is -3.59. The van der Waals surface area contributed by atoms with Gasteiger partial charge in [0.15, 0.2) is 0 Å². The van der Waals surface area contributed by atoms with Gasteiger partial charge in [0, 0.05) is 14.2 Å². The Kier molecular flexibility index (Phi) is 7.37. The molecule has 0 radical (unpaired) electrons. The zero-order valence-electron chi connectivity index (χ0n) is 12.6. The van der Waals surface area contributed by atoms with Gasteiger partial charge in [-0.05, 0) is 31.1 Å². The second-order valence-electron chi connectivity index (χ2n) is 4.30. The maximum Gasteiger partial charge on any atom is 0.395 e. The summed E-state index contributed by atoms with van der Waals surface area (Å²) in [4.78, 5) is 12.1. The summed E-state index contributed by atoms with van der Waals surface area (Å²) in [5, 5.41) is 0. The summed E-state index contributed by atoms with van der Waals surface area (Å²) in [6, 6.07) is 8.49. The quantitative estimate of drug-likeness (QED) is 0.309. The fraction of sp³-hybridized carbons (Fsp3) is 0.400. The third kappa shape index (κ3) is 5.12. The van der Waals surface area contributed by atoms with E-state index in [1.54, 1.807) is 36.4 Å². The molecule has 0 aliphatic rings. The fourth-order valence-corrected chi connectivity index (χ4v) is 2.68. The molecule has 116 valence electrons. The summed E-state index contributed by atoms with van der Waals surface area (Å²) in [5.74, 6) is -0.590. The van der Waals surface area contributed by atoms with E-state index < -0.39 is 13.6 Å². The molecule has 0 atom stereocenters. The van der Waals surface area contributed by atoms with Crippen LogP contribution in [-0.4, -0.2) is 20.2 Å². The highest BCUT2D eigenvalue weighted by molar-refractivity contribution is 7.58. The van der Waals surface area contributed by atoms with Gasteiger partial charge < -0.3 is 13.8 Å². The Bertz CT molecular complexity index is 516. The van der Waals surface area contributed by atoms with Crippen molar-refractivity contribution >= 4 is 13.6 Å². The summed E-state index contributed by atoms with van der Waals surface area (Å²) in [5.41, 5.74) is 0.312. The van der Waals surface area contributed by atoms with Gasteiger partial charge in [-0.3, -0.25) is 4.57 Å². The first-order chi connectivity index (χ1) is 10.1. The second kappa shape index (κ2) is 8.78. The fourth-order valence-electron chi connectivity index (χ4n) is 1.62. The zero-order valence-corrected chi connectivity index (χ0v) is 13.5. The highest BCUT2D eigenvalue weighted by Gasteiger charge is 2.31. The number of esters is 1. The Morgan fingerprint density at radius 2 is 1.81 bits per heavy atom. The maximum atomic E-state index is 12.4. The average molecular weight is 312 g/mol.